The summed E-state index contributed by atoms with van der Waals surface area (Å²) < 4.78 is 33.7. The summed E-state index contributed by atoms with van der Waals surface area (Å²) in [6, 6.07) is 6.13. The van der Waals surface area contributed by atoms with E-state index in [4.69, 9.17) is 4.74 Å². The van der Waals surface area contributed by atoms with E-state index >= 15 is 0 Å². The van der Waals surface area contributed by atoms with Crippen LogP contribution in [0.1, 0.15) is 12.5 Å². The van der Waals surface area contributed by atoms with Gasteiger partial charge < -0.3 is 14.4 Å². The molecule has 0 aliphatic carbocycles. The fraction of sp³-hybridized carbons (Fsp3) is 0.500. The molecule has 1 aromatic carbocycles. The SMILES string of the molecule is CC1CN(C(=O)Cc2ccc(OC(F)F)cc2)CCO1. The minimum atomic E-state index is -2.84. The van der Waals surface area contributed by atoms with Crippen molar-refractivity contribution in [2.45, 2.75) is 26.1 Å². The van der Waals surface area contributed by atoms with Gasteiger partial charge in [0.05, 0.1) is 19.1 Å². The molecule has 4 nitrogen and oxygen atoms in total. The Morgan fingerprint density at radius 1 is 1.45 bits per heavy atom. The first-order valence-corrected chi connectivity index (χ1v) is 6.47. The number of alkyl halides is 2. The molecule has 0 N–H and O–H groups in total. The van der Waals surface area contributed by atoms with E-state index in [1.54, 1.807) is 17.0 Å². The maximum atomic E-state index is 12.1. The lowest BCUT2D eigenvalue weighted by Gasteiger charge is -2.31. The summed E-state index contributed by atoms with van der Waals surface area (Å²) in [6.45, 7) is 0.822. The van der Waals surface area contributed by atoms with Crippen LogP contribution >= 0.6 is 0 Å². The summed E-state index contributed by atoms with van der Waals surface area (Å²) in [5, 5.41) is 0. The molecule has 0 saturated carbocycles. The minimum absolute atomic E-state index is 0.0164. The molecule has 1 amide bonds. The van der Waals surface area contributed by atoms with Crippen LogP contribution in [0.15, 0.2) is 24.3 Å². The smallest absolute Gasteiger partial charge is 0.387 e. The Bertz CT molecular complexity index is 450. The molecule has 2 rings (SSSR count). The van der Waals surface area contributed by atoms with Crippen LogP contribution in [-0.2, 0) is 16.0 Å². The maximum absolute atomic E-state index is 12.1. The van der Waals surface area contributed by atoms with Gasteiger partial charge in [0.15, 0.2) is 0 Å². The zero-order valence-corrected chi connectivity index (χ0v) is 11.2. The lowest BCUT2D eigenvalue weighted by Crippen LogP contribution is -2.45. The predicted octanol–water partition coefficient (Wildman–Crippen LogP) is 2.08. The molecular weight excluding hydrogens is 268 g/mol. The topological polar surface area (TPSA) is 38.8 Å². The molecule has 0 bridgehead atoms. The Morgan fingerprint density at radius 3 is 2.75 bits per heavy atom. The highest BCUT2D eigenvalue weighted by Gasteiger charge is 2.21. The molecule has 0 aromatic heterocycles. The van der Waals surface area contributed by atoms with E-state index in [1.807, 2.05) is 6.92 Å². The normalized spacial score (nSPS) is 19.2. The summed E-state index contributed by atoms with van der Waals surface area (Å²) in [6.07, 6.45) is 0.302. The number of hydrogen-bond donors (Lipinski definition) is 0. The second-order valence-corrected chi connectivity index (χ2v) is 4.72. The number of amides is 1. The van der Waals surface area contributed by atoms with Gasteiger partial charge in [-0.1, -0.05) is 12.1 Å². The zero-order chi connectivity index (χ0) is 14.5. The second-order valence-electron chi connectivity index (χ2n) is 4.72. The van der Waals surface area contributed by atoms with E-state index in [0.29, 0.717) is 19.7 Å². The summed E-state index contributed by atoms with van der Waals surface area (Å²) >= 11 is 0. The first-order chi connectivity index (χ1) is 9.54. The van der Waals surface area contributed by atoms with Crippen LogP contribution in [0.4, 0.5) is 8.78 Å². The standard InChI is InChI=1S/C14H17F2NO3/c1-10-9-17(6-7-19-10)13(18)8-11-2-4-12(5-3-11)20-14(15)16/h2-5,10,14H,6-9H2,1H3. The van der Waals surface area contributed by atoms with Gasteiger partial charge in [0.25, 0.3) is 0 Å². The van der Waals surface area contributed by atoms with E-state index in [-0.39, 0.29) is 24.2 Å². The van der Waals surface area contributed by atoms with Crippen molar-refractivity contribution >= 4 is 5.91 Å². The van der Waals surface area contributed by atoms with Gasteiger partial charge in [-0.05, 0) is 24.6 Å². The average Bonchev–Trinajstić information content (AvgIpc) is 2.40. The molecule has 1 fully saturated rings. The van der Waals surface area contributed by atoms with E-state index < -0.39 is 6.61 Å². The highest BCUT2D eigenvalue weighted by Crippen LogP contribution is 2.16. The molecule has 0 spiro atoms. The third kappa shape index (κ3) is 4.16. The largest absolute Gasteiger partial charge is 0.435 e. The van der Waals surface area contributed by atoms with Gasteiger partial charge in [-0.3, -0.25) is 4.79 Å². The Balaban J connectivity index is 1.90. The summed E-state index contributed by atoms with van der Waals surface area (Å²) in [5.41, 5.74) is 0.774. The lowest BCUT2D eigenvalue weighted by atomic mass is 10.1. The molecule has 20 heavy (non-hydrogen) atoms. The third-order valence-electron chi connectivity index (χ3n) is 3.10. The minimum Gasteiger partial charge on any atom is -0.435 e. The van der Waals surface area contributed by atoms with Crippen molar-refractivity contribution in [1.29, 1.82) is 0 Å². The molecule has 6 heteroatoms. The van der Waals surface area contributed by atoms with Crippen molar-refractivity contribution in [2.24, 2.45) is 0 Å². The first kappa shape index (κ1) is 14.7. The lowest BCUT2D eigenvalue weighted by molar-refractivity contribution is -0.137. The number of carbonyl (C=O) groups is 1. The molecular formula is C14H17F2NO3. The van der Waals surface area contributed by atoms with E-state index in [0.717, 1.165) is 5.56 Å². The fourth-order valence-electron chi connectivity index (χ4n) is 2.12. The van der Waals surface area contributed by atoms with Gasteiger partial charge >= 0.3 is 6.61 Å². The summed E-state index contributed by atoms with van der Waals surface area (Å²) in [5.74, 6) is 0.110. The van der Waals surface area contributed by atoms with E-state index in [9.17, 15) is 13.6 Å². The number of carbonyl (C=O) groups excluding carboxylic acids is 1. The number of nitrogens with zero attached hydrogens (tertiary/aromatic N) is 1. The van der Waals surface area contributed by atoms with Crippen LogP contribution in [0.3, 0.4) is 0 Å². The molecule has 1 atom stereocenters. The monoisotopic (exact) mass is 285 g/mol. The van der Waals surface area contributed by atoms with Gasteiger partial charge in [0.1, 0.15) is 5.75 Å². The number of morpholine rings is 1. The first-order valence-electron chi connectivity index (χ1n) is 6.47. The number of rotatable bonds is 4. The highest BCUT2D eigenvalue weighted by atomic mass is 19.3. The van der Waals surface area contributed by atoms with Crippen LogP contribution < -0.4 is 4.74 Å². The number of halogens is 2. The van der Waals surface area contributed by atoms with Crippen molar-refractivity contribution < 1.29 is 23.0 Å². The van der Waals surface area contributed by atoms with Crippen LogP contribution in [0, 0.1) is 0 Å². The third-order valence-corrected chi connectivity index (χ3v) is 3.10. The van der Waals surface area contributed by atoms with E-state index in [2.05, 4.69) is 4.74 Å². The van der Waals surface area contributed by atoms with Gasteiger partial charge in [-0.15, -0.1) is 0 Å². The highest BCUT2D eigenvalue weighted by molar-refractivity contribution is 5.78. The molecule has 1 heterocycles. The number of hydrogen-bond acceptors (Lipinski definition) is 3. The molecule has 0 radical (unpaired) electrons. The molecule has 1 aromatic rings. The average molecular weight is 285 g/mol. The van der Waals surface area contributed by atoms with Crippen molar-refractivity contribution in [3.63, 3.8) is 0 Å². The van der Waals surface area contributed by atoms with Crippen molar-refractivity contribution in [3.8, 4) is 5.75 Å². The summed E-state index contributed by atoms with van der Waals surface area (Å²) in [7, 11) is 0. The Kier molecular flexibility index (Phi) is 4.89. The van der Waals surface area contributed by atoms with Gasteiger partial charge in [0.2, 0.25) is 5.91 Å². The van der Waals surface area contributed by atoms with Gasteiger partial charge in [-0.25, -0.2) is 0 Å². The van der Waals surface area contributed by atoms with Crippen molar-refractivity contribution in [1.82, 2.24) is 4.90 Å². The van der Waals surface area contributed by atoms with E-state index in [1.165, 1.54) is 12.1 Å². The Labute approximate surface area is 116 Å². The molecule has 1 aliphatic rings. The van der Waals surface area contributed by atoms with Crippen LogP contribution in [0.2, 0.25) is 0 Å². The van der Waals surface area contributed by atoms with Gasteiger partial charge in [0, 0.05) is 13.1 Å². The number of benzene rings is 1. The zero-order valence-electron chi connectivity index (χ0n) is 11.2. The van der Waals surface area contributed by atoms with Crippen molar-refractivity contribution in [3.05, 3.63) is 29.8 Å². The summed E-state index contributed by atoms with van der Waals surface area (Å²) in [4.78, 5) is 13.9. The maximum Gasteiger partial charge on any atom is 0.387 e. The Hall–Kier alpha value is -1.69. The van der Waals surface area contributed by atoms with Crippen LogP contribution in [0.25, 0.3) is 0 Å². The molecule has 1 unspecified atom stereocenters. The quantitative estimate of drug-likeness (QED) is 0.850. The molecule has 1 aliphatic heterocycles. The Morgan fingerprint density at radius 2 is 2.15 bits per heavy atom. The van der Waals surface area contributed by atoms with Crippen molar-refractivity contribution in [2.75, 3.05) is 19.7 Å². The second kappa shape index (κ2) is 6.65. The van der Waals surface area contributed by atoms with Crippen LogP contribution in [-0.4, -0.2) is 43.2 Å². The number of ether oxygens (including phenoxy) is 2. The molecule has 1 saturated heterocycles. The molecule has 110 valence electrons. The van der Waals surface area contributed by atoms with Crippen LogP contribution in [0.5, 0.6) is 5.75 Å². The fourth-order valence-corrected chi connectivity index (χ4v) is 2.12. The predicted molar refractivity (Wildman–Crippen MR) is 68.8 cm³/mol. The van der Waals surface area contributed by atoms with Gasteiger partial charge in [-0.2, -0.15) is 8.78 Å².